The van der Waals surface area contributed by atoms with Gasteiger partial charge in [0, 0.05) is 18.0 Å². The highest BCUT2D eigenvalue weighted by Gasteiger charge is 2.33. The molecule has 0 spiro atoms. The maximum Gasteiger partial charge on any atom is 0.237 e. The summed E-state index contributed by atoms with van der Waals surface area (Å²) in [5.74, 6) is 1.67. The lowest BCUT2D eigenvalue weighted by Crippen LogP contribution is -2.48. The standard InChI is InChI=1S/C29H36N2O4S/c1-4-30(17-23(32)19-34-26-11-7-5-9-21(26)2)18-29(33)31-15-13-28-24(14-16-36-28)25(31)20-35-27-12-8-6-10-22(27)3/h5-12,14,16,23,25,32H,4,13,15,17-20H2,1-3H3/t23-,25+/m1/s1. The number of amides is 1. The second kappa shape index (κ2) is 12.4. The lowest BCUT2D eigenvalue weighted by atomic mass is 10.0. The molecule has 36 heavy (non-hydrogen) atoms. The molecule has 2 atom stereocenters. The quantitative estimate of drug-likeness (QED) is 0.409. The number of carbonyl (C=O) groups excluding carboxylic acids is 1. The van der Waals surface area contributed by atoms with E-state index in [2.05, 4.69) is 11.4 Å². The molecule has 0 unspecified atom stereocenters. The Balaban J connectivity index is 1.37. The number of benzene rings is 2. The van der Waals surface area contributed by atoms with Crippen LogP contribution in [-0.4, -0.2) is 66.3 Å². The van der Waals surface area contributed by atoms with Crippen LogP contribution in [0.25, 0.3) is 0 Å². The lowest BCUT2D eigenvalue weighted by molar-refractivity contribution is -0.136. The molecule has 0 bridgehead atoms. The molecule has 7 heteroatoms. The van der Waals surface area contributed by atoms with E-state index in [1.54, 1.807) is 11.3 Å². The Morgan fingerprint density at radius 3 is 2.42 bits per heavy atom. The number of para-hydroxylation sites is 2. The molecule has 1 aromatic heterocycles. The van der Waals surface area contributed by atoms with Crippen LogP contribution in [0.2, 0.25) is 0 Å². The van der Waals surface area contributed by atoms with E-state index in [-0.39, 0.29) is 25.1 Å². The Kier molecular flexibility index (Phi) is 9.02. The summed E-state index contributed by atoms with van der Waals surface area (Å²) in [5, 5.41) is 12.7. The van der Waals surface area contributed by atoms with Crippen LogP contribution >= 0.6 is 11.3 Å². The van der Waals surface area contributed by atoms with Crippen LogP contribution in [0.3, 0.4) is 0 Å². The molecule has 2 heterocycles. The van der Waals surface area contributed by atoms with Gasteiger partial charge >= 0.3 is 0 Å². The summed E-state index contributed by atoms with van der Waals surface area (Å²) >= 11 is 1.75. The molecular formula is C29H36N2O4S. The van der Waals surface area contributed by atoms with Gasteiger partial charge in [0.25, 0.3) is 0 Å². The largest absolute Gasteiger partial charge is 0.491 e. The molecule has 0 fully saturated rings. The van der Waals surface area contributed by atoms with Crippen molar-refractivity contribution in [2.75, 3.05) is 39.4 Å². The first-order valence-corrected chi connectivity index (χ1v) is 13.5. The van der Waals surface area contributed by atoms with Crippen molar-refractivity contribution in [2.45, 2.75) is 39.3 Å². The summed E-state index contributed by atoms with van der Waals surface area (Å²) in [6.07, 6.45) is 0.167. The van der Waals surface area contributed by atoms with Crippen molar-refractivity contribution in [1.29, 1.82) is 0 Å². The van der Waals surface area contributed by atoms with Crippen LogP contribution in [0, 0.1) is 13.8 Å². The first kappa shape index (κ1) is 26.2. The van der Waals surface area contributed by atoms with Gasteiger partial charge in [-0.05, 0) is 67.1 Å². The van der Waals surface area contributed by atoms with Gasteiger partial charge in [-0.25, -0.2) is 0 Å². The zero-order valence-corrected chi connectivity index (χ0v) is 22.2. The van der Waals surface area contributed by atoms with Crippen molar-refractivity contribution >= 4 is 17.2 Å². The third-order valence-electron chi connectivity index (χ3n) is 6.71. The smallest absolute Gasteiger partial charge is 0.237 e. The zero-order chi connectivity index (χ0) is 25.5. The van der Waals surface area contributed by atoms with Gasteiger partial charge in [-0.3, -0.25) is 9.69 Å². The minimum absolute atomic E-state index is 0.0547. The zero-order valence-electron chi connectivity index (χ0n) is 21.4. The van der Waals surface area contributed by atoms with Gasteiger partial charge in [-0.15, -0.1) is 11.3 Å². The SMILES string of the molecule is CCN(CC(=O)N1CCc2sccc2[C@@H]1COc1ccccc1C)C[C@@H](O)COc1ccccc1C. The molecule has 6 nitrogen and oxygen atoms in total. The summed E-state index contributed by atoms with van der Waals surface area (Å²) in [7, 11) is 0. The number of carbonyl (C=O) groups is 1. The predicted molar refractivity (Wildman–Crippen MR) is 144 cm³/mol. The van der Waals surface area contributed by atoms with Crippen LogP contribution in [0.15, 0.2) is 60.0 Å². The van der Waals surface area contributed by atoms with E-state index in [1.165, 1.54) is 10.4 Å². The summed E-state index contributed by atoms with van der Waals surface area (Å²) < 4.78 is 12.0. The van der Waals surface area contributed by atoms with Crippen LogP contribution in [0.4, 0.5) is 0 Å². The molecule has 1 aliphatic heterocycles. The molecule has 0 radical (unpaired) electrons. The van der Waals surface area contributed by atoms with Gasteiger partial charge in [-0.1, -0.05) is 43.3 Å². The number of thiophene rings is 1. The molecular weight excluding hydrogens is 472 g/mol. The van der Waals surface area contributed by atoms with E-state index in [4.69, 9.17) is 9.47 Å². The minimum Gasteiger partial charge on any atom is -0.491 e. The van der Waals surface area contributed by atoms with E-state index >= 15 is 0 Å². The Hall–Kier alpha value is -2.87. The number of ether oxygens (including phenoxy) is 2. The fraction of sp³-hybridized carbons (Fsp3) is 0.414. The van der Waals surface area contributed by atoms with Gasteiger partial charge < -0.3 is 19.5 Å². The Morgan fingerprint density at radius 2 is 1.75 bits per heavy atom. The highest BCUT2D eigenvalue weighted by atomic mass is 32.1. The van der Waals surface area contributed by atoms with Crippen molar-refractivity contribution in [3.8, 4) is 11.5 Å². The number of hydrogen-bond acceptors (Lipinski definition) is 6. The predicted octanol–water partition coefficient (Wildman–Crippen LogP) is 4.63. The molecule has 1 aliphatic rings. The van der Waals surface area contributed by atoms with Crippen LogP contribution in [0.5, 0.6) is 11.5 Å². The molecule has 192 valence electrons. The summed E-state index contributed by atoms with van der Waals surface area (Å²) in [6, 6.07) is 17.7. The third-order valence-corrected chi connectivity index (χ3v) is 7.70. The number of hydrogen-bond donors (Lipinski definition) is 1. The van der Waals surface area contributed by atoms with Gasteiger partial charge in [-0.2, -0.15) is 0 Å². The third kappa shape index (κ3) is 6.46. The maximum atomic E-state index is 13.5. The number of likely N-dealkylation sites (N-methyl/N-ethyl adjacent to an activating group) is 1. The first-order valence-electron chi connectivity index (χ1n) is 12.6. The average molecular weight is 509 g/mol. The summed E-state index contributed by atoms with van der Waals surface area (Å²) in [5.41, 5.74) is 3.29. The number of aliphatic hydroxyl groups excluding tert-OH is 1. The van der Waals surface area contributed by atoms with Crippen molar-refractivity contribution in [3.63, 3.8) is 0 Å². The molecule has 0 saturated heterocycles. The average Bonchev–Trinajstić information content (AvgIpc) is 3.36. The normalized spacial score (nSPS) is 16.0. The second-order valence-corrected chi connectivity index (χ2v) is 10.3. The number of nitrogens with zero attached hydrogens (tertiary/aromatic N) is 2. The Bertz CT molecular complexity index is 1150. The fourth-order valence-corrected chi connectivity index (χ4v) is 5.53. The molecule has 1 amide bonds. The highest BCUT2D eigenvalue weighted by Crippen LogP contribution is 2.34. The monoisotopic (exact) mass is 508 g/mol. The van der Waals surface area contributed by atoms with E-state index in [0.29, 0.717) is 26.2 Å². The van der Waals surface area contributed by atoms with Gasteiger partial charge in [0.2, 0.25) is 5.91 Å². The maximum absolute atomic E-state index is 13.5. The van der Waals surface area contributed by atoms with Gasteiger partial charge in [0.15, 0.2) is 0 Å². The topological polar surface area (TPSA) is 62.2 Å². The van der Waals surface area contributed by atoms with E-state index in [1.807, 2.05) is 79.1 Å². The molecule has 0 saturated carbocycles. The Morgan fingerprint density at radius 1 is 1.08 bits per heavy atom. The highest BCUT2D eigenvalue weighted by molar-refractivity contribution is 7.10. The second-order valence-electron chi connectivity index (χ2n) is 9.29. The van der Waals surface area contributed by atoms with E-state index < -0.39 is 6.10 Å². The van der Waals surface area contributed by atoms with Crippen molar-refractivity contribution < 1.29 is 19.4 Å². The lowest BCUT2D eigenvalue weighted by Gasteiger charge is -2.37. The van der Waals surface area contributed by atoms with Gasteiger partial charge in [0.1, 0.15) is 30.8 Å². The van der Waals surface area contributed by atoms with E-state index in [9.17, 15) is 9.90 Å². The molecule has 4 rings (SSSR count). The van der Waals surface area contributed by atoms with Crippen LogP contribution in [-0.2, 0) is 11.2 Å². The molecule has 2 aromatic carbocycles. The van der Waals surface area contributed by atoms with Crippen molar-refractivity contribution in [3.05, 3.63) is 81.5 Å². The Labute approximate surface area is 218 Å². The fourth-order valence-electron chi connectivity index (χ4n) is 4.60. The number of aryl methyl sites for hydroxylation is 2. The van der Waals surface area contributed by atoms with Crippen molar-refractivity contribution in [1.82, 2.24) is 9.80 Å². The number of fused-ring (bicyclic) bond motifs is 1. The number of rotatable bonds is 11. The summed E-state index contributed by atoms with van der Waals surface area (Å²) in [6.45, 7) is 8.57. The van der Waals surface area contributed by atoms with Crippen LogP contribution in [0.1, 0.15) is 34.5 Å². The van der Waals surface area contributed by atoms with Gasteiger partial charge in [0.05, 0.1) is 12.6 Å². The first-order chi connectivity index (χ1) is 17.5. The number of aliphatic hydroxyl groups is 1. The minimum atomic E-state index is -0.692. The molecule has 3 aromatic rings. The van der Waals surface area contributed by atoms with Crippen molar-refractivity contribution in [2.24, 2.45) is 0 Å². The van der Waals surface area contributed by atoms with E-state index in [0.717, 1.165) is 29.0 Å². The summed E-state index contributed by atoms with van der Waals surface area (Å²) in [4.78, 5) is 18.8. The van der Waals surface area contributed by atoms with Crippen LogP contribution < -0.4 is 9.47 Å². The molecule has 1 N–H and O–H groups in total. The molecule has 0 aliphatic carbocycles.